The Morgan fingerprint density at radius 3 is 2.67 bits per heavy atom. The lowest BCUT2D eigenvalue weighted by Gasteiger charge is -2.12. The molecule has 9 nitrogen and oxygen atoms in total. The molecule has 0 aliphatic rings. The van der Waals surface area contributed by atoms with E-state index in [1.807, 2.05) is 23.1 Å². The van der Waals surface area contributed by atoms with Gasteiger partial charge in [0.1, 0.15) is 5.75 Å². The van der Waals surface area contributed by atoms with Crippen molar-refractivity contribution in [3.05, 3.63) is 83.6 Å². The molecule has 0 fully saturated rings. The molecule has 1 heterocycles. The first-order chi connectivity index (χ1) is 15.8. The van der Waals surface area contributed by atoms with Crippen molar-refractivity contribution in [1.29, 1.82) is 0 Å². The second kappa shape index (κ2) is 8.93. The van der Waals surface area contributed by atoms with Crippen LogP contribution in [0.15, 0.2) is 71.8 Å². The molecule has 170 valence electrons. The maximum absolute atomic E-state index is 12.5. The van der Waals surface area contributed by atoms with E-state index in [0.717, 1.165) is 16.5 Å². The van der Waals surface area contributed by atoms with Crippen molar-refractivity contribution in [3.63, 3.8) is 0 Å². The van der Waals surface area contributed by atoms with Crippen LogP contribution < -0.4 is 15.4 Å². The Balaban J connectivity index is 1.52. The van der Waals surface area contributed by atoms with Crippen molar-refractivity contribution in [2.24, 2.45) is 0 Å². The number of methoxy groups -OCH3 is 1. The van der Waals surface area contributed by atoms with Crippen molar-refractivity contribution in [1.82, 2.24) is 14.7 Å². The van der Waals surface area contributed by atoms with Crippen LogP contribution in [0.4, 0.5) is 5.69 Å². The first-order valence-electron chi connectivity index (χ1n) is 9.95. The number of fused-ring (bicyclic) bond motifs is 1. The summed E-state index contributed by atoms with van der Waals surface area (Å²) in [5.74, 6) is -0.437. The van der Waals surface area contributed by atoms with E-state index >= 15 is 0 Å². The van der Waals surface area contributed by atoms with Crippen LogP contribution in [-0.2, 0) is 21.4 Å². The average Bonchev–Trinajstić information content (AvgIpc) is 3.19. The van der Waals surface area contributed by atoms with E-state index < -0.39 is 16.0 Å². The molecule has 4 aromatic rings. The van der Waals surface area contributed by atoms with E-state index in [1.54, 1.807) is 42.1 Å². The zero-order valence-electron chi connectivity index (χ0n) is 18.0. The third kappa shape index (κ3) is 4.66. The summed E-state index contributed by atoms with van der Waals surface area (Å²) in [6, 6.07) is 16.6. The number of anilines is 1. The largest absolute Gasteiger partial charge is 0.496 e. The van der Waals surface area contributed by atoms with Gasteiger partial charge >= 0.3 is 5.97 Å². The highest BCUT2D eigenvalue weighted by Gasteiger charge is 2.20. The first kappa shape index (κ1) is 22.3. The van der Waals surface area contributed by atoms with Gasteiger partial charge in [-0.05, 0) is 53.8 Å². The SMILES string of the molecule is COc1cc(C(=O)ONS(=O)(=O)c2ccccc2C)ccc1Cn1ncc2ccc(N)cc21. The minimum Gasteiger partial charge on any atom is -0.496 e. The number of ether oxygens (including phenoxy) is 1. The quantitative estimate of drug-likeness (QED) is 0.317. The molecule has 10 heteroatoms. The fourth-order valence-corrected chi connectivity index (χ4v) is 4.46. The van der Waals surface area contributed by atoms with E-state index in [9.17, 15) is 13.2 Å². The van der Waals surface area contributed by atoms with Gasteiger partial charge in [0.05, 0.1) is 35.8 Å². The van der Waals surface area contributed by atoms with Crippen LogP contribution in [0, 0.1) is 6.92 Å². The molecule has 0 radical (unpaired) electrons. The number of hydrogen-bond donors (Lipinski definition) is 2. The zero-order chi connectivity index (χ0) is 23.6. The smallest absolute Gasteiger partial charge is 0.357 e. The number of nitrogens with two attached hydrogens (primary N) is 1. The molecule has 33 heavy (non-hydrogen) atoms. The van der Waals surface area contributed by atoms with Crippen LogP contribution in [-0.4, -0.2) is 31.3 Å². The number of aryl methyl sites for hydroxylation is 1. The predicted molar refractivity (Wildman–Crippen MR) is 123 cm³/mol. The van der Waals surface area contributed by atoms with Crippen LogP contribution in [0.3, 0.4) is 0 Å². The van der Waals surface area contributed by atoms with Crippen molar-refractivity contribution in [2.75, 3.05) is 12.8 Å². The summed E-state index contributed by atoms with van der Waals surface area (Å²) in [7, 11) is -2.54. The van der Waals surface area contributed by atoms with Gasteiger partial charge in [0.2, 0.25) is 0 Å². The van der Waals surface area contributed by atoms with Crippen LogP contribution in [0.5, 0.6) is 5.75 Å². The number of aromatic nitrogens is 2. The molecule has 0 aliphatic carbocycles. The highest BCUT2D eigenvalue weighted by atomic mass is 32.2. The highest BCUT2D eigenvalue weighted by Crippen LogP contribution is 2.24. The van der Waals surface area contributed by atoms with Gasteiger partial charge < -0.3 is 15.3 Å². The van der Waals surface area contributed by atoms with Crippen molar-refractivity contribution in [3.8, 4) is 5.75 Å². The number of carbonyl (C=O) groups is 1. The van der Waals surface area contributed by atoms with Gasteiger partial charge in [-0.25, -0.2) is 13.2 Å². The maximum atomic E-state index is 12.5. The Morgan fingerprint density at radius 1 is 1.12 bits per heavy atom. The molecular weight excluding hydrogens is 444 g/mol. The lowest BCUT2D eigenvalue weighted by molar-refractivity contribution is 0.0407. The van der Waals surface area contributed by atoms with Crippen LogP contribution in [0.2, 0.25) is 0 Å². The molecule has 4 rings (SSSR count). The third-order valence-corrected chi connectivity index (χ3v) is 6.48. The average molecular weight is 467 g/mol. The monoisotopic (exact) mass is 466 g/mol. The molecule has 0 aliphatic heterocycles. The molecule has 1 aromatic heterocycles. The second-order valence-electron chi connectivity index (χ2n) is 7.39. The summed E-state index contributed by atoms with van der Waals surface area (Å²) in [5.41, 5.74) is 8.80. The number of carbonyl (C=O) groups excluding carboxylic acids is 1. The molecule has 0 saturated carbocycles. The number of sulfonamides is 1. The number of benzene rings is 3. The molecular formula is C23H22N4O5S. The second-order valence-corrected chi connectivity index (χ2v) is 9.00. The summed E-state index contributed by atoms with van der Waals surface area (Å²) in [6.45, 7) is 2.03. The fraction of sp³-hybridized carbons (Fsp3) is 0.130. The van der Waals surface area contributed by atoms with Gasteiger partial charge in [0.15, 0.2) is 0 Å². The number of nitrogens with one attached hydrogen (secondary N) is 1. The van der Waals surface area contributed by atoms with Crippen molar-refractivity contribution >= 4 is 32.6 Å². The Labute approximate surface area is 190 Å². The molecule has 0 amide bonds. The molecule has 0 spiro atoms. The Hall–Kier alpha value is -3.89. The summed E-state index contributed by atoms with van der Waals surface area (Å²) in [6.07, 6.45) is 1.74. The standard InChI is InChI=1S/C23H22N4O5S/c1-15-5-3-4-6-22(15)33(29,30)26-32-23(28)16-7-8-18(21(11-16)31-2)14-27-20-12-19(24)10-9-17(20)13-25-27/h3-13,26H,14,24H2,1-2H3. The summed E-state index contributed by atoms with van der Waals surface area (Å²) < 4.78 is 32.1. The molecule has 0 saturated heterocycles. The van der Waals surface area contributed by atoms with Crippen LogP contribution in [0.25, 0.3) is 10.9 Å². The van der Waals surface area contributed by atoms with Gasteiger partial charge in [0, 0.05) is 16.6 Å². The number of rotatable bonds is 7. The molecule has 0 atom stereocenters. The van der Waals surface area contributed by atoms with Gasteiger partial charge in [-0.1, -0.05) is 24.3 Å². The lowest BCUT2D eigenvalue weighted by Crippen LogP contribution is -2.28. The van der Waals surface area contributed by atoms with Crippen molar-refractivity contribution < 1.29 is 22.8 Å². The Kier molecular flexibility index (Phi) is 6.03. The van der Waals surface area contributed by atoms with E-state index in [-0.39, 0.29) is 10.5 Å². The predicted octanol–water partition coefficient (Wildman–Crippen LogP) is 3.03. The van der Waals surface area contributed by atoms with E-state index in [0.29, 0.717) is 23.5 Å². The number of nitrogen functional groups attached to an aromatic ring is 1. The van der Waals surface area contributed by atoms with Crippen molar-refractivity contribution in [2.45, 2.75) is 18.4 Å². The minimum atomic E-state index is -4.02. The fourth-order valence-electron chi connectivity index (χ4n) is 3.43. The Bertz CT molecular complexity index is 1450. The van der Waals surface area contributed by atoms with Gasteiger partial charge in [0.25, 0.3) is 10.0 Å². The first-order valence-corrected chi connectivity index (χ1v) is 11.4. The number of hydrogen-bond acceptors (Lipinski definition) is 7. The van der Waals surface area contributed by atoms with Gasteiger partial charge in [-0.2, -0.15) is 5.10 Å². The molecule has 3 aromatic carbocycles. The zero-order valence-corrected chi connectivity index (χ0v) is 18.8. The lowest BCUT2D eigenvalue weighted by atomic mass is 10.1. The Morgan fingerprint density at radius 2 is 1.91 bits per heavy atom. The summed E-state index contributed by atoms with van der Waals surface area (Å²) in [5, 5.41) is 5.34. The normalized spacial score (nSPS) is 11.5. The molecule has 3 N–H and O–H groups in total. The molecule has 0 bridgehead atoms. The highest BCUT2D eigenvalue weighted by molar-refractivity contribution is 7.89. The minimum absolute atomic E-state index is 0.0258. The summed E-state index contributed by atoms with van der Waals surface area (Å²) in [4.78, 5) is 19.2. The van der Waals surface area contributed by atoms with Gasteiger partial charge in [-0.3, -0.25) is 4.68 Å². The molecule has 0 unspecified atom stereocenters. The summed E-state index contributed by atoms with van der Waals surface area (Å²) >= 11 is 0. The van der Waals surface area contributed by atoms with E-state index in [2.05, 4.69) is 5.10 Å². The van der Waals surface area contributed by atoms with Gasteiger partial charge in [-0.15, -0.1) is 0 Å². The van der Waals surface area contributed by atoms with Crippen LogP contribution >= 0.6 is 0 Å². The van der Waals surface area contributed by atoms with Crippen LogP contribution in [0.1, 0.15) is 21.5 Å². The number of nitrogens with zero attached hydrogens (tertiary/aromatic N) is 2. The van der Waals surface area contributed by atoms with E-state index in [1.165, 1.54) is 25.3 Å². The topological polar surface area (TPSA) is 126 Å². The third-order valence-electron chi connectivity index (χ3n) is 5.14. The maximum Gasteiger partial charge on any atom is 0.357 e. The van der Waals surface area contributed by atoms with E-state index in [4.69, 9.17) is 15.3 Å².